The largest absolute Gasteiger partial charge is 0.300 e. The van der Waals surface area contributed by atoms with Gasteiger partial charge in [-0.25, -0.2) is 0 Å². The van der Waals surface area contributed by atoms with Crippen LogP contribution in [-0.2, 0) is 0 Å². The lowest BCUT2D eigenvalue weighted by Crippen LogP contribution is -2.40. The summed E-state index contributed by atoms with van der Waals surface area (Å²) < 4.78 is 0. The second-order valence-electron chi connectivity index (χ2n) is 6.40. The van der Waals surface area contributed by atoms with Crippen molar-refractivity contribution in [1.29, 1.82) is 0 Å². The van der Waals surface area contributed by atoms with E-state index in [0.717, 1.165) is 12.0 Å². The average molecular weight is 288 g/mol. The number of alkyl halides is 1. The fourth-order valence-electron chi connectivity index (χ4n) is 3.14. The minimum absolute atomic E-state index is 0.609. The molecule has 0 aromatic carbocycles. The highest BCUT2D eigenvalue weighted by Crippen LogP contribution is 2.42. The maximum Gasteiger partial charge on any atom is 0.0100 e. The summed E-state index contributed by atoms with van der Waals surface area (Å²) in [6, 6.07) is 0.930. The maximum absolute atomic E-state index is 3.77. The average Bonchev–Trinajstić information content (AvgIpc) is 2.99. The fourth-order valence-corrected chi connectivity index (χ4v) is 3.88. The Morgan fingerprint density at radius 1 is 1.25 bits per heavy atom. The molecule has 0 spiro atoms. The minimum atomic E-state index is 0.609. The highest BCUT2D eigenvalue weighted by atomic mass is 79.9. The minimum Gasteiger partial charge on any atom is -0.300 e. The number of hydrogen-bond donors (Lipinski definition) is 0. The van der Waals surface area contributed by atoms with E-state index in [4.69, 9.17) is 0 Å². The van der Waals surface area contributed by atoms with E-state index in [9.17, 15) is 0 Å². The third-order valence-electron chi connectivity index (χ3n) is 4.15. The first-order valence-electron chi connectivity index (χ1n) is 6.95. The molecule has 0 atom stereocenters. The van der Waals surface area contributed by atoms with E-state index in [1.165, 1.54) is 56.9 Å². The zero-order valence-electron chi connectivity index (χ0n) is 10.8. The Balaban J connectivity index is 1.92. The predicted molar refractivity (Wildman–Crippen MR) is 74.1 cm³/mol. The van der Waals surface area contributed by atoms with Crippen LogP contribution in [0.4, 0.5) is 0 Å². The van der Waals surface area contributed by atoms with Gasteiger partial charge in [0.2, 0.25) is 0 Å². The lowest BCUT2D eigenvalue weighted by atomic mass is 9.88. The summed E-state index contributed by atoms with van der Waals surface area (Å²) in [5, 5.41) is 1.21. The fraction of sp³-hybridized carbons (Fsp3) is 1.00. The Kier molecular flexibility index (Phi) is 4.34. The molecule has 0 heterocycles. The van der Waals surface area contributed by atoms with Gasteiger partial charge in [0.1, 0.15) is 0 Å². The van der Waals surface area contributed by atoms with Crippen molar-refractivity contribution >= 4 is 15.9 Å². The van der Waals surface area contributed by atoms with Gasteiger partial charge >= 0.3 is 0 Å². The molecule has 0 amide bonds. The lowest BCUT2D eigenvalue weighted by Gasteiger charge is -2.35. The second kappa shape index (κ2) is 5.39. The smallest absolute Gasteiger partial charge is 0.0100 e. The zero-order chi connectivity index (χ0) is 11.6. The number of nitrogens with zero attached hydrogens (tertiary/aromatic N) is 1. The van der Waals surface area contributed by atoms with Crippen molar-refractivity contribution in [3.05, 3.63) is 0 Å². The second-order valence-corrected chi connectivity index (χ2v) is 6.96. The summed E-state index contributed by atoms with van der Waals surface area (Å²) >= 11 is 3.77. The molecule has 0 bridgehead atoms. The van der Waals surface area contributed by atoms with Crippen LogP contribution in [0.2, 0.25) is 0 Å². The Labute approximate surface area is 109 Å². The molecule has 16 heavy (non-hydrogen) atoms. The molecule has 0 unspecified atom stereocenters. The SMILES string of the molecule is CC(C)CN(CC1(CBr)CCCC1)C1CC1. The molecule has 2 fully saturated rings. The molecule has 0 aliphatic heterocycles. The normalized spacial score (nSPS) is 24.6. The van der Waals surface area contributed by atoms with Crippen LogP contribution in [0.5, 0.6) is 0 Å². The first kappa shape index (κ1) is 12.9. The van der Waals surface area contributed by atoms with Gasteiger partial charge in [-0.15, -0.1) is 0 Å². The quantitative estimate of drug-likeness (QED) is 0.666. The summed E-state index contributed by atoms with van der Waals surface area (Å²) in [7, 11) is 0. The molecule has 2 heteroatoms. The van der Waals surface area contributed by atoms with Crippen LogP contribution in [0.3, 0.4) is 0 Å². The van der Waals surface area contributed by atoms with E-state index < -0.39 is 0 Å². The molecule has 0 aromatic rings. The van der Waals surface area contributed by atoms with E-state index in [2.05, 4.69) is 34.7 Å². The number of hydrogen-bond acceptors (Lipinski definition) is 1. The molecule has 2 aliphatic rings. The van der Waals surface area contributed by atoms with Crippen molar-refractivity contribution < 1.29 is 0 Å². The third kappa shape index (κ3) is 3.22. The molecule has 0 saturated heterocycles. The third-order valence-corrected chi connectivity index (χ3v) is 5.34. The highest BCUT2D eigenvalue weighted by molar-refractivity contribution is 9.09. The van der Waals surface area contributed by atoms with Crippen LogP contribution < -0.4 is 0 Å². The van der Waals surface area contributed by atoms with Crippen LogP contribution in [0.15, 0.2) is 0 Å². The number of halogens is 1. The van der Waals surface area contributed by atoms with Crippen molar-refractivity contribution in [3.8, 4) is 0 Å². The van der Waals surface area contributed by atoms with Crippen molar-refractivity contribution in [2.75, 3.05) is 18.4 Å². The van der Waals surface area contributed by atoms with E-state index in [1.807, 2.05) is 0 Å². The molecule has 2 saturated carbocycles. The topological polar surface area (TPSA) is 3.24 Å². The molecule has 2 rings (SSSR count). The van der Waals surface area contributed by atoms with Gasteiger partial charge in [-0.1, -0.05) is 42.6 Å². The van der Waals surface area contributed by atoms with Crippen LogP contribution in [0, 0.1) is 11.3 Å². The van der Waals surface area contributed by atoms with Crippen molar-refractivity contribution in [1.82, 2.24) is 4.90 Å². The van der Waals surface area contributed by atoms with Gasteiger partial charge in [0.15, 0.2) is 0 Å². The van der Waals surface area contributed by atoms with Crippen molar-refractivity contribution in [2.45, 2.75) is 58.4 Å². The van der Waals surface area contributed by atoms with Gasteiger partial charge in [-0.3, -0.25) is 4.90 Å². The van der Waals surface area contributed by atoms with Gasteiger partial charge in [0.05, 0.1) is 0 Å². The van der Waals surface area contributed by atoms with E-state index in [-0.39, 0.29) is 0 Å². The Morgan fingerprint density at radius 2 is 1.88 bits per heavy atom. The van der Waals surface area contributed by atoms with E-state index >= 15 is 0 Å². The lowest BCUT2D eigenvalue weighted by molar-refractivity contribution is 0.149. The van der Waals surface area contributed by atoms with Crippen molar-refractivity contribution in [2.24, 2.45) is 11.3 Å². The maximum atomic E-state index is 3.77. The van der Waals surface area contributed by atoms with Crippen LogP contribution in [0.25, 0.3) is 0 Å². The molecular formula is C14H26BrN. The molecule has 1 nitrogen and oxygen atoms in total. The standard InChI is InChI=1S/C14H26BrN/c1-12(2)9-16(13-5-6-13)11-14(10-15)7-3-4-8-14/h12-13H,3-11H2,1-2H3. The molecule has 0 N–H and O–H groups in total. The Bertz CT molecular complexity index is 217. The highest BCUT2D eigenvalue weighted by Gasteiger charge is 2.38. The number of rotatable bonds is 6. The summed E-state index contributed by atoms with van der Waals surface area (Å²) in [4.78, 5) is 2.79. The van der Waals surface area contributed by atoms with E-state index in [1.54, 1.807) is 0 Å². The van der Waals surface area contributed by atoms with Crippen LogP contribution in [-0.4, -0.2) is 29.4 Å². The molecule has 0 aromatic heterocycles. The van der Waals surface area contributed by atoms with Crippen molar-refractivity contribution in [3.63, 3.8) is 0 Å². The molecule has 0 radical (unpaired) electrons. The van der Waals surface area contributed by atoms with Crippen LogP contribution in [0.1, 0.15) is 52.4 Å². The van der Waals surface area contributed by atoms with Crippen LogP contribution >= 0.6 is 15.9 Å². The van der Waals surface area contributed by atoms with Gasteiger partial charge in [0.25, 0.3) is 0 Å². The first-order chi connectivity index (χ1) is 7.65. The predicted octanol–water partition coefficient (Wildman–Crippen LogP) is 4.06. The van der Waals surface area contributed by atoms with Gasteiger partial charge in [0, 0.05) is 24.5 Å². The summed E-state index contributed by atoms with van der Waals surface area (Å²) in [6.45, 7) is 7.36. The summed E-state index contributed by atoms with van der Waals surface area (Å²) in [5.41, 5.74) is 0.609. The molecular weight excluding hydrogens is 262 g/mol. The molecule has 94 valence electrons. The Hall–Kier alpha value is 0.440. The molecule has 2 aliphatic carbocycles. The first-order valence-corrected chi connectivity index (χ1v) is 8.07. The van der Waals surface area contributed by atoms with Gasteiger partial charge in [-0.2, -0.15) is 0 Å². The Morgan fingerprint density at radius 3 is 2.31 bits per heavy atom. The van der Waals surface area contributed by atoms with E-state index in [0.29, 0.717) is 5.41 Å². The monoisotopic (exact) mass is 287 g/mol. The van der Waals surface area contributed by atoms with Gasteiger partial charge < -0.3 is 0 Å². The zero-order valence-corrected chi connectivity index (χ0v) is 12.4. The van der Waals surface area contributed by atoms with Gasteiger partial charge in [-0.05, 0) is 37.0 Å². The summed E-state index contributed by atoms with van der Waals surface area (Å²) in [5.74, 6) is 0.814. The summed E-state index contributed by atoms with van der Waals surface area (Å²) in [6.07, 6.45) is 8.69.